The zero-order chi connectivity index (χ0) is 23.4. The maximum atomic E-state index is 12.4. The summed E-state index contributed by atoms with van der Waals surface area (Å²) in [5, 5.41) is 7.45. The highest BCUT2D eigenvalue weighted by Crippen LogP contribution is 2.33. The van der Waals surface area contributed by atoms with Gasteiger partial charge in [0, 0.05) is 21.3 Å². The van der Waals surface area contributed by atoms with Crippen molar-refractivity contribution in [3.05, 3.63) is 96.8 Å². The monoisotopic (exact) mass is 562 g/mol. The minimum Gasteiger partial charge on any atom is -0.488 e. The molecule has 1 amide bonds. The first-order chi connectivity index (χ1) is 15.9. The molecule has 3 aromatic carbocycles. The van der Waals surface area contributed by atoms with Gasteiger partial charge in [0.05, 0.1) is 9.38 Å². The van der Waals surface area contributed by atoms with Gasteiger partial charge in [-0.3, -0.25) is 4.79 Å². The molecule has 0 radical (unpaired) electrons. The molecule has 1 heterocycles. The zero-order valence-electron chi connectivity index (χ0n) is 17.7. The summed E-state index contributed by atoms with van der Waals surface area (Å²) in [6.07, 6.45) is 2.86. The lowest BCUT2D eigenvalue weighted by Gasteiger charge is -2.13. The first-order valence-corrected chi connectivity index (χ1v) is 12.7. The van der Waals surface area contributed by atoms with Crippen molar-refractivity contribution in [2.75, 3.05) is 5.32 Å². The van der Waals surface area contributed by atoms with Crippen LogP contribution in [0.3, 0.4) is 0 Å². The number of aryl methyl sites for hydroxylation is 1. The van der Waals surface area contributed by atoms with Gasteiger partial charge in [-0.1, -0.05) is 66.2 Å². The predicted octanol–water partition coefficient (Wildman–Crippen LogP) is 7.50. The summed E-state index contributed by atoms with van der Waals surface area (Å²) in [7, 11) is 0. The molecular formula is C25H21BrCl2N2O2S. The molecule has 1 saturated heterocycles. The van der Waals surface area contributed by atoms with Crippen LogP contribution < -0.4 is 15.4 Å². The van der Waals surface area contributed by atoms with E-state index in [-0.39, 0.29) is 11.4 Å². The molecular weight excluding hydrogens is 543 g/mol. The summed E-state index contributed by atoms with van der Waals surface area (Å²) in [5.74, 6) is 0.582. The van der Waals surface area contributed by atoms with Gasteiger partial charge in [0.25, 0.3) is 5.91 Å². The quantitative estimate of drug-likeness (QED) is 0.292. The van der Waals surface area contributed by atoms with Gasteiger partial charge in [-0.25, -0.2) is 0 Å². The van der Waals surface area contributed by atoms with E-state index in [1.165, 1.54) is 17.3 Å². The Morgan fingerprint density at radius 3 is 2.61 bits per heavy atom. The molecule has 170 valence electrons. The maximum Gasteiger partial charge on any atom is 0.260 e. The van der Waals surface area contributed by atoms with Gasteiger partial charge in [-0.05, 0) is 76.0 Å². The zero-order valence-corrected chi connectivity index (χ0v) is 21.6. The van der Waals surface area contributed by atoms with E-state index in [2.05, 4.69) is 45.6 Å². The van der Waals surface area contributed by atoms with Crippen molar-refractivity contribution in [2.24, 2.45) is 0 Å². The lowest BCUT2D eigenvalue weighted by atomic mass is 10.1. The molecule has 4 rings (SSSR count). The summed E-state index contributed by atoms with van der Waals surface area (Å²) in [6.45, 7) is 2.44. The van der Waals surface area contributed by atoms with Crippen molar-refractivity contribution in [3.8, 4) is 5.75 Å². The standard InChI is InChI=1S/C25H21BrCl2N2O2S/c1-2-15-3-8-19(9-4-15)29-25-30-24(31)23(33-25)12-16-5-10-22(20(26)11-16)32-14-17-6-7-18(27)13-21(17)28/h3-13,25,29H,2,14H2,1H3,(H,30,31)/b23-12-/t25-/m1/s1. The van der Waals surface area contributed by atoms with Crippen LogP contribution in [-0.4, -0.2) is 11.4 Å². The largest absolute Gasteiger partial charge is 0.488 e. The average Bonchev–Trinajstić information content (AvgIpc) is 3.13. The predicted molar refractivity (Wildman–Crippen MR) is 142 cm³/mol. The highest BCUT2D eigenvalue weighted by Gasteiger charge is 2.27. The van der Waals surface area contributed by atoms with Crippen LogP contribution in [0.1, 0.15) is 23.6 Å². The molecule has 0 aliphatic carbocycles. The van der Waals surface area contributed by atoms with Crippen LogP contribution in [0.25, 0.3) is 6.08 Å². The third-order valence-corrected chi connectivity index (χ3v) is 7.28. The van der Waals surface area contributed by atoms with E-state index in [9.17, 15) is 4.79 Å². The van der Waals surface area contributed by atoms with Crippen molar-refractivity contribution in [2.45, 2.75) is 25.4 Å². The second kappa shape index (κ2) is 10.9. The fraction of sp³-hybridized carbons (Fsp3) is 0.160. The molecule has 0 saturated carbocycles. The number of hydrogen-bond acceptors (Lipinski definition) is 4. The molecule has 1 atom stereocenters. The molecule has 1 aliphatic heterocycles. The Kier molecular flexibility index (Phi) is 7.91. The van der Waals surface area contributed by atoms with E-state index in [4.69, 9.17) is 27.9 Å². The van der Waals surface area contributed by atoms with Gasteiger partial charge in [-0.2, -0.15) is 0 Å². The Labute approximate surface area is 215 Å². The number of halogens is 3. The third kappa shape index (κ3) is 6.27. The highest BCUT2D eigenvalue weighted by atomic mass is 79.9. The number of rotatable bonds is 7. The second-order valence-electron chi connectivity index (χ2n) is 7.39. The van der Waals surface area contributed by atoms with Gasteiger partial charge < -0.3 is 15.4 Å². The summed E-state index contributed by atoms with van der Waals surface area (Å²) < 4.78 is 6.69. The fourth-order valence-corrected chi connectivity index (χ4v) is 5.18. The van der Waals surface area contributed by atoms with Crippen molar-refractivity contribution < 1.29 is 9.53 Å². The van der Waals surface area contributed by atoms with Crippen LogP contribution >= 0.6 is 50.9 Å². The maximum absolute atomic E-state index is 12.4. The van der Waals surface area contributed by atoms with Crippen LogP contribution in [0.2, 0.25) is 10.0 Å². The van der Waals surface area contributed by atoms with E-state index in [0.29, 0.717) is 27.3 Å². The van der Waals surface area contributed by atoms with Crippen molar-refractivity contribution >= 4 is 68.6 Å². The van der Waals surface area contributed by atoms with E-state index >= 15 is 0 Å². The minimum atomic E-state index is -0.216. The van der Waals surface area contributed by atoms with E-state index < -0.39 is 0 Å². The molecule has 33 heavy (non-hydrogen) atoms. The molecule has 2 N–H and O–H groups in total. The summed E-state index contributed by atoms with van der Waals surface area (Å²) >= 11 is 17.2. The number of nitrogens with one attached hydrogen (secondary N) is 2. The molecule has 0 unspecified atom stereocenters. The highest BCUT2D eigenvalue weighted by molar-refractivity contribution is 9.10. The average molecular weight is 564 g/mol. The van der Waals surface area contributed by atoms with Gasteiger partial charge in [0.2, 0.25) is 0 Å². The van der Waals surface area contributed by atoms with Gasteiger partial charge in [0.1, 0.15) is 12.4 Å². The molecule has 1 fully saturated rings. The molecule has 8 heteroatoms. The second-order valence-corrected chi connectivity index (χ2v) is 10.2. The van der Waals surface area contributed by atoms with Crippen molar-refractivity contribution in [3.63, 3.8) is 0 Å². The first kappa shape index (κ1) is 24.0. The molecule has 0 aromatic heterocycles. The smallest absolute Gasteiger partial charge is 0.260 e. The Bertz CT molecular complexity index is 1200. The van der Waals surface area contributed by atoms with Crippen LogP contribution in [0.15, 0.2) is 70.0 Å². The lowest BCUT2D eigenvalue weighted by Crippen LogP contribution is -2.30. The topological polar surface area (TPSA) is 50.4 Å². The molecule has 1 aliphatic rings. The number of hydrogen-bond donors (Lipinski definition) is 2. The fourth-order valence-electron chi connectivity index (χ4n) is 3.22. The van der Waals surface area contributed by atoms with Gasteiger partial charge in [0.15, 0.2) is 5.50 Å². The number of benzene rings is 3. The van der Waals surface area contributed by atoms with Crippen molar-refractivity contribution in [1.29, 1.82) is 0 Å². The number of carbonyl (C=O) groups is 1. The normalized spacial score (nSPS) is 16.7. The van der Waals surface area contributed by atoms with Gasteiger partial charge >= 0.3 is 0 Å². The van der Waals surface area contributed by atoms with Crippen molar-refractivity contribution in [1.82, 2.24) is 5.32 Å². The Balaban J connectivity index is 1.39. The van der Waals surface area contributed by atoms with Gasteiger partial charge in [-0.15, -0.1) is 0 Å². The summed E-state index contributed by atoms with van der Waals surface area (Å²) in [4.78, 5) is 13.1. The molecule has 0 bridgehead atoms. The Morgan fingerprint density at radius 2 is 1.91 bits per heavy atom. The van der Waals surface area contributed by atoms with Crippen LogP contribution in [-0.2, 0) is 17.8 Å². The number of carbonyl (C=O) groups excluding carboxylic acids is 1. The summed E-state index contributed by atoms with van der Waals surface area (Å²) in [6, 6.07) is 19.2. The molecule has 4 nitrogen and oxygen atoms in total. The molecule has 0 spiro atoms. The SMILES string of the molecule is CCc1ccc(N[C@@H]2NC(=O)/C(=C/c3ccc(OCc4ccc(Cl)cc4Cl)c(Br)c3)S2)cc1. The first-order valence-electron chi connectivity index (χ1n) is 10.3. The number of ether oxygens (including phenoxy) is 1. The van der Waals surface area contributed by atoms with Crippen LogP contribution in [0, 0.1) is 0 Å². The Hall–Kier alpha value is -2.12. The van der Waals surface area contributed by atoms with E-state index in [0.717, 1.165) is 27.7 Å². The lowest BCUT2D eigenvalue weighted by molar-refractivity contribution is -0.116. The third-order valence-electron chi connectivity index (χ3n) is 5.04. The van der Waals surface area contributed by atoms with Crippen LogP contribution in [0.4, 0.5) is 5.69 Å². The van der Waals surface area contributed by atoms with E-state index in [1.807, 2.05) is 42.5 Å². The number of amides is 1. The minimum absolute atomic E-state index is 0.100. The number of anilines is 1. The molecule has 3 aromatic rings. The summed E-state index contributed by atoms with van der Waals surface area (Å²) in [5.41, 5.74) is 3.77. The number of thioether (sulfide) groups is 1. The Morgan fingerprint density at radius 1 is 1.12 bits per heavy atom. The van der Waals surface area contributed by atoms with E-state index in [1.54, 1.807) is 12.1 Å². The van der Waals surface area contributed by atoms with Crippen LogP contribution in [0.5, 0.6) is 5.75 Å².